The van der Waals surface area contributed by atoms with Gasteiger partial charge in [0.15, 0.2) is 0 Å². The first-order chi connectivity index (χ1) is 8.49. The summed E-state index contributed by atoms with van der Waals surface area (Å²) < 4.78 is 5.40. The third-order valence-electron chi connectivity index (χ3n) is 2.81. The van der Waals surface area contributed by atoms with Crippen LogP contribution in [0.25, 0.3) is 0 Å². The Morgan fingerprint density at radius 3 is 2.50 bits per heavy atom. The summed E-state index contributed by atoms with van der Waals surface area (Å²) in [5.74, 6) is 0.505. The number of nitrogens with one attached hydrogen (secondary N) is 1. The third kappa shape index (κ3) is 5.52. The molecule has 0 bridgehead atoms. The molecule has 1 rings (SSSR count). The van der Waals surface area contributed by atoms with Crippen molar-refractivity contribution in [1.29, 1.82) is 0 Å². The fourth-order valence-corrected chi connectivity index (χ4v) is 1.59. The van der Waals surface area contributed by atoms with Crippen molar-refractivity contribution < 1.29 is 9.84 Å². The standard InChI is InChI=1S/C15H25NO2/c1-11(2)9-18-10-15(17)8-16-14-6-5-12(3)13(4)7-14/h5-7,11,15-17H,8-10H2,1-4H3. The average molecular weight is 251 g/mol. The first-order valence-electron chi connectivity index (χ1n) is 6.56. The van der Waals surface area contributed by atoms with Crippen molar-refractivity contribution in [2.45, 2.75) is 33.8 Å². The molecule has 0 fully saturated rings. The largest absolute Gasteiger partial charge is 0.389 e. The van der Waals surface area contributed by atoms with Crippen LogP contribution in [0.4, 0.5) is 5.69 Å². The van der Waals surface area contributed by atoms with Crippen LogP contribution in [0, 0.1) is 19.8 Å². The molecule has 3 heteroatoms. The van der Waals surface area contributed by atoms with E-state index in [1.807, 2.05) is 6.07 Å². The number of hydrogen-bond donors (Lipinski definition) is 2. The number of aliphatic hydroxyl groups excluding tert-OH is 1. The number of aryl methyl sites for hydroxylation is 2. The van der Waals surface area contributed by atoms with Gasteiger partial charge in [0.2, 0.25) is 0 Å². The second-order valence-corrected chi connectivity index (χ2v) is 5.27. The van der Waals surface area contributed by atoms with Crippen LogP contribution in [-0.4, -0.2) is 31.0 Å². The van der Waals surface area contributed by atoms with Crippen molar-refractivity contribution in [1.82, 2.24) is 0 Å². The zero-order chi connectivity index (χ0) is 13.5. The van der Waals surface area contributed by atoms with Crippen LogP contribution < -0.4 is 5.32 Å². The molecule has 0 aliphatic heterocycles. The van der Waals surface area contributed by atoms with E-state index in [1.165, 1.54) is 11.1 Å². The molecule has 1 atom stereocenters. The number of rotatable bonds is 7. The molecule has 1 aromatic rings. The predicted octanol–water partition coefficient (Wildman–Crippen LogP) is 2.75. The topological polar surface area (TPSA) is 41.5 Å². The van der Waals surface area contributed by atoms with Crippen molar-refractivity contribution in [3.8, 4) is 0 Å². The smallest absolute Gasteiger partial charge is 0.0945 e. The summed E-state index contributed by atoms with van der Waals surface area (Å²) in [7, 11) is 0. The van der Waals surface area contributed by atoms with E-state index in [4.69, 9.17) is 4.74 Å². The summed E-state index contributed by atoms with van der Waals surface area (Å²) in [6, 6.07) is 6.21. The molecule has 2 N–H and O–H groups in total. The second kappa shape index (κ2) is 7.39. The quantitative estimate of drug-likeness (QED) is 0.783. The number of anilines is 1. The Kier molecular flexibility index (Phi) is 6.16. The summed E-state index contributed by atoms with van der Waals surface area (Å²) in [4.78, 5) is 0. The molecule has 0 radical (unpaired) electrons. The molecule has 1 aromatic carbocycles. The van der Waals surface area contributed by atoms with Crippen molar-refractivity contribution in [2.75, 3.05) is 25.1 Å². The number of hydrogen-bond acceptors (Lipinski definition) is 3. The molecular formula is C15H25NO2. The Balaban J connectivity index is 2.29. The average Bonchev–Trinajstić information content (AvgIpc) is 2.30. The summed E-state index contributed by atoms with van der Waals surface area (Å²) in [6.45, 7) is 9.97. The van der Waals surface area contributed by atoms with Gasteiger partial charge in [0, 0.05) is 18.8 Å². The lowest BCUT2D eigenvalue weighted by molar-refractivity contribution is 0.0318. The molecule has 0 aliphatic carbocycles. The normalized spacial score (nSPS) is 12.8. The van der Waals surface area contributed by atoms with Gasteiger partial charge in [0.1, 0.15) is 0 Å². The highest BCUT2D eigenvalue weighted by molar-refractivity contribution is 5.48. The molecule has 0 saturated carbocycles. The van der Waals surface area contributed by atoms with Crippen molar-refractivity contribution in [2.24, 2.45) is 5.92 Å². The molecule has 0 saturated heterocycles. The molecule has 3 nitrogen and oxygen atoms in total. The predicted molar refractivity (Wildman–Crippen MR) is 76.1 cm³/mol. The van der Waals surface area contributed by atoms with Crippen molar-refractivity contribution >= 4 is 5.69 Å². The maximum atomic E-state index is 9.76. The van der Waals surface area contributed by atoms with Crippen LogP contribution in [0.1, 0.15) is 25.0 Å². The Morgan fingerprint density at radius 1 is 1.17 bits per heavy atom. The van der Waals surface area contributed by atoms with Gasteiger partial charge in [-0.2, -0.15) is 0 Å². The minimum absolute atomic E-state index is 0.385. The highest BCUT2D eigenvalue weighted by atomic mass is 16.5. The first kappa shape index (κ1) is 15.0. The second-order valence-electron chi connectivity index (χ2n) is 5.27. The maximum absolute atomic E-state index is 9.76. The van der Waals surface area contributed by atoms with Gasteiger partial charge in [-0.25, -0.2) is 0 Å². The Bertz CT molecular complexity index is 364. The van der Waals surface area contributed by atoms with Gasteiger partial charge < -0.3 is 15.2 Å². The van der Waals surface area contributed by atoms with Crippen LogP contribution in [0.15, 0.2) is 18.2 Å². The Labute approximate surface area is 110 Å². The van der Waals surface area contributed by atoms with Crippen LogP contribution in [0.3, 0.4) is 0 Å². The Hall–Kier alpha value is -1.06. The van der Waals surface area contributed by atoms with E-state index < -0.39 is 6.10 Å². The highest BCUT2D eigenvalue weighted by Gasteiger charge is 2.05. The lowest BCUT2D eigenvalue weighted by Gasteiger charge is -2.15. The molecule has 1 unspecified atom stereocenters. The summed E-state index contributed by atoms with van der Waals surface area (Å²) in [5.41, 5.74) is 3.58. The summed E-state index contributed by atoms with van der Waals surface area (Å²) in [5, 5.41) is 13.0. The van der Waals surface area contributed by atoms with E-state index in [1.54, 1.807) is 0 Å². The zero-order valence-corrected chi connectivity index (χ0v) is 11.9. The van der Waals surface area contributed by atoms with Gasteiger partial charge in [0.25, 0.3) is 0 Å². The fraction of sp³-hybridized carbons (Fsp3) is 0.600. The third-order valence-corrected chi connectivity index (χ3v) is 2.81. The SMILES string of the molecule is Cc1ccc(NCC(O)COCC(C)C)cc1C. The fourth-order valence-electron chi connectivity index (χ4n) is 1.59. The minimum Gasteiger partial charge on any atom is -0.389 e. The molecule has 102 valence electrons. The monoisotopic (exact) mass is 251 g/mol. The van der Waals surface area contributed by atoms with Gasteiger partial charge in [-0.05, 0) is 43.0 Å². The van der Waals surface area contributed by atoms with Crippen LogP contribution in [0.2, 0.25) is 0 Å². The van der Waals surface area contributed by atoms with E-state index in [2.05, 4.69) is 45.1 Å². The number of aliphatic hydroxyl groups is 1. The van der Waals surface area contributed by atoms with Crippen molar-refractivity contribution in [3.05, 3.63) is 29.3 Å². The van der Waals surface area contributed by atoms with E-state index in [9.17, 15) is 5.11 Å². The number of ether oxygens (including phenoxy) is 1. The molecular weight excluding hydrogens is 226 g/mol. The zero-order valence-electron chi connectivity index (χ0n) is 11.9. The highest BCUT2D eigenvalue weighted by Crippen LogP contribution is 2.13. The molecule has 0 spiro atoms. The lowest BCUT2D eigenvalue weighted by Crippen LogP contribution is -2.25. The maximum Gasteiger partial charge on any atom is 0.0945 e. The van der Waals surface area contributed by atoms with E-state index in [0.717, 1.165) is 5.69 Å². The Morgan fingerprint density at radius 2 is 1.89 bits per heavy atom. The van der Waals surface area contributed by atoms with Gasteiger partial charge in [-0.15, -0.1) is 0 Å². The molecule has 18 heavy (non-hydrogen) atoms. The van der Waals surface area contributed by atoms with Crippen LogP contribution in [0.5, 0.6) is 0 Å². The summed E-state index contributed by atoms with van der Waals surface area (Å²) in [6.07, 6.45) is -0.467. The molecule has 0 aliphatic rings. The molecule has 0 heterocycles. The minimum atomic E-state index is -0.467. The molecule has 0 amide bonds. The first-order valence-corrected chi connectivity index (χ1v) is 6.56. The van der Waals surface area contributed by atoms with Gasteiger partial charge >= 0.3 is 0 Å². The summed E-state index contributed by atoms with van der Waals surface area (Å²) >= 11 is 0. The van der Waals surface area contributed by atoms with E-state index in [-0.39, 0.29) is 0 Å². The van der Waals surface area contributed by atoms with Gasteiger partial charge in [0.05, 0.1) is 12.7 Å². The van der Waals surface area contributed by atoms with E-state index >= 15 is 0 Å². The van der Waals surface area contributed by atoms with Crippen molar-refractivity contribution in [3.63, 3.8) is 0 Å². The lowest BCUT2D eigenvalue weighted by atomic mass is 10.1. The van der Waals surface area contributed by atoms with Gasteiger partial charge in [-0.1, -0.05) is 19.9 Å². The molecule has 0 aromatic heterocycles. The van der Waals surface area contributed by atoms with E-state index in [0.29, 0.717) is 25.7 Å². The van der Waals surface area contributed by atoms with Crippen LogP contribution >= 0.6 is 0 Å². The number of benzene rings is 1. The van der Waals surface area contributed by atoms with Crippen LogP contribution in [-0.2, 0) is 4.74 Å². The van der Waals surface area contributed by atoms with Gasteiger partial charge in [-0.3, -0.25) is 0 Å².